The maximum atomic E-state index is 13.5. The van der Waals surface area contributed by atoms with Gasteiger partial charge in [-0.25, -0.2) is 4.79 Å². The van der Waals surface area contributed by atoms with Crippen molar-refractivity contribution in [3.05, 3.63) is 58.4 Å². The van der Waals surface area contributed by atoms with Crippen LogP contribution in [0.5, 0.6) is 5.75 Å². The highest BCUT2D eigenvalue weighted by atomic mass is 19.1. The Kier molecular flexibility index (Phi) is 7.86. The Balaban J connectivity index is 1.86. The molecule has 11 heteroatoms. The van der Waals surface area contributed by atoms with Gasteiger partial charge in [0.25, 0.3) is 5.91 Å². The molecule has 2 N–H and O–H groups in total. The molecule has 0 fully saturated rings. The predicted octanol–water partition coefficient (Wildman–Crippen LogP) is 2.95. The Labute approximate surface area is 164 Å². The van der Waals surface area contributed by atoms with Crippen LogP contribution in [0.25, 0.3) is 0 Å². The van der Waals surface area contributed by atoms with Crippen LogP contribution in [0.1, 0.15) is 0 Å². The number of carbonyl (C=O) groups is 2. The zero-order valence-electron chi connectivity index (χ0n) is 15.3. The number of rotatable bonds is 9. The highest BCUT2D eigenvalue weighted by Gasteiger charge is 2.15. The SMILES string of the molecule is COCCOC(=O)Nc1cccc(NC(=O)COc2ccc([N+](=O)[O-])c(F)c2)c1. The summed E-state index contributed by atoms with van der Waals surface area (Å²) in [4.78, 5) is 33.3. The lowest BCUT2D eigenvalue weighted by atomic mass is 10.2. The first-order valence-corrected chi connectivity index (χ1v) is 8.28. The van der Waals surface area contributed by atoms with Gasteiger partial charge in [0.15, 0.2) is 6.61 Å². The molecule has 0 heterocycles. The van der Waals surface area contributed by atoms with Crippen LogP contribution < -0.4 is 15.4 Å². The van der Waals surface area contributed by atoms with Crippen molar-refractivity contribution in [3.8, 4) is 5.75 Å². The van der Waals surface area contributed by atoms with Crippen LogP contribution in [0.4, 0.5) is 26.2 Å². The molecule has 0 spiro atoms. The molecule has 2 aromatic rings. The van der Waals surface area contributed by atoms with Crippen molar-refractivity contribution in [1.82, 2.24) is 0 Å². The topological polar surface area (TPSA) is 129 Å². The summed E-state index contributed by atoms with van der Waals surface area (Å²) >= 11 is 0. The van der Waals surface area contributed by atoms with Crippen LogP contribution >= 0.6 is 0 Å². The zero-order valence-corrected chi connectivity index (χ0v) is 15.3. The summed E-state index contributed by atoms with van der Waals surface area (Å²) < 4.78 is 28.3. The minimum Gasteiger partial charge on any atom is -0.484 e. The maximum Gasteiger partial charge on any atom is 0.411 e. The average molecular weight is 407 g/mol. The van der Waals surface area contributed by atoms with Crippen LogP contribution in [0.3, 0.4) is 0 Å². The number of anilines is 2. The Morgan fingerprint density at radius 1 is 1.10 bits per heavy atom. The lowest BCUT2D eigenvalue weighted by Gasteiger charge is -2.10. The van der Waals surface area contributed by atoms with E-state index in [1.807, 2.05) is 0 Å². The molecule has 0 aliphatic heterocycles. The van der Waals surface area contributed by atoms with Crippen LogP contribution in [0.15, 0.2) is 42.5 Å². The molecule has 154 valence electrons. The van der Waals surface area contributed by atoms with Gasteiger partial charge in [-0.05, 0) is 24.3 Å². The van der Waals surface area contributed by atoms with Crippen molar-refractivity contribution in [2.75, 3.05) is 37.6 Å². The van der Waals surface area contributed by atoms with E-state index in [9.17, 15) is 24.1 Å². The van der Waals surface area contributed by atoms with Crippen molar-refractivity contribution >= 4 is 29.1 Å². The Morgan fingerprint density at radius 2 is 1.83 bits per heavy atom. The molecule has 0 radical (unpaired) electrons. The van der Waals surface area contributed by atoms with E-state index in [1.54, 1.807) is 18.2 Å². The molecule has 0 bridgehead atoms. The zero-order chi connectivity index (χ0) is 21.2. The number of hydrogen-bond donors (Lipinski definition) is 2. The summed E-state index contributed by atoms with van der Waals surface area (Å²) in [5.74, 6) is -1.65. The van der Waals surface area contributed by atoms with Gasteiger partial charge < -0.3 is 19.5 Å². The molecule has 29 heavy (non-hydrogen) atoms. The summed E-state index contributed by atoms with van der Waals surface area (Å²) in [6, 6.07) is 9.26. The number of nitrogens with zero attached hydrogens (tertiary/aromatic N) is 1. The van der Waals surface area contributed by atoms with Crippen LogP contribution in [0, 0.1) is 15.9 Å². The van der Waals surface area contributed by atoms with Crippen molar-refractivity contribution in [2.24, 2.45) is 0 Å². The lowest BCUT2D eigenvalue weighted by molar-refractivity contribution is -0.387. The Bertz CT molecular complexity index is 892. The van der Waals surface area contributed by atoms with E-state index in [0.29, 0.717) is 11.4 Å². The highest BCUT2D eigenvalue weighted by molar-refractivity contribution is 5.93. The van der Waals surface area contributed by atoms with Gasteiger partial charge in [0, 0.05) is 30.6 Å². The lowest BCUT2D eigenvalue weighted by Crippen LogP contribution is -2.20. The van der Waals surface area contributed by atoms with E-state index in [-0.39, 0.29) is 19.0 Å². The first kappa shape index (κ1) is 21.6. The van der Waals surface area contributed by atoms with Crippen LogP contribution in [0.2, 0.25) is 0 Å². The van der Waals surface area contributed by atoms with Crippen LogP contribution in [-0.4, -0.2) is 43.9 Å². The van der Waals surface area contributed by atoms with E-state index < -0.39 is 35.0 Å². The molecule has 0 aromatic heterocycles. The van der Waals surface area contributed by atoms with Crippen molar-refractivity contribution in [3.63, 3.8) is 0 Å². The van der Waals surface area contributed by atoms with Gasteiger partial charge in [-0.15, -0.1) is 0 Å². The quantitative estimate of drug-likeness (QED) is 0.371. The van der Waals surface area contributed by atoms with E-state index in [4.69, 9.17) is 14.2 Å². The Hall–Kier alpha value is -3.73. The molecule has 0 unspecified atom stereocenters. The monoisotopic (exact) mass is 407 g/mol. The summed E-state index contributed by atoms with van der Waals surface area (Å²) in [7, 11) is 1.48. The first-order chi connectivity index (χ1) is 13.9. The molecule has 10 nitrogen and oxygen atoms in total. The van der Waals surface area contributed by atoms with Crippen molar-refractivity contribution in [2.45, 2.75) is 0 Å². The second-order valence-electron chi connectivity index (χ2n) is 5.54. The smallest absolute Gasteiger partial charge is 0.411 e. The highest BCUT2D eigenvalue weighted by Crippen LogP contribution is 2.22. The molecule has 2 aromatic carbocycles. The number of nitro benzene ring substituents is 1. The standard InChI is InChI=1S/C18H18FN3O7/c1-27-7-8-28-18(24)21-13-4-2-3-12(9-13)20-17(23)11-29-14-5-6-16(22(25)26)15(19)10-14/h2-6,9-10H,7-8,11H2,1H3,(H,20,23)(H,21,24). The minimum absolute atomic E-state index is 0.0301. The second kappa shape index (κ2) is 10.6. The van der Waals surface area contributed by atoms with Crippen LogP contribution in [-0.2, 0) is 14.3 Å². The molecule has 2 rings (SSSR count). The molecular formula is C18H18FN3O7. The number of nitrogens with one attached hydrogen (secondary N) is 2. The Morgan fingerprint density at radius 3 is 2.48 bits per heavy atom. The molecule has 0 saturated carbocycles. The van der Waals surface area contributed by atoms with E-state index in [1.165, 1.54) is 19.2 Å². The summed E-state index contributed by atoms with van der Waals surface area (Å²) in [6.45, 7) is -0.0878. The van der Waals surface area contributed by atoms with Gasteiger partial charge in [-0.3, -0.25) is 20.2 Å². The largest absolute Gasteiger partial charge is 0.484 e. The predicted molar refractivity (Wildman–Crippen MR) is 100 cm³/mol. The average Bonchev–Trinajstić information content (AvgIpc) is 2.66. The van der Waals surface area contributed by atoms with Gasteiger partial charge in [-0.2, -0.15) is 4.39 Å². The third-order valence-electron chi connectivity index (χ3n) is 3.40. The molecule has 0 atom stereocenters. The summed E-state index contributed by atoms with van der Waals surface area (Å²) in [6.07, 6.45) is -0.672. The van der Waals surface area contributed by atoms with Crippen molar-refractivity contribution < 1.29 is 33.1 Å². The normalized spacial score (nSPS) is 10.1. The fraction of sp³-hybridized carbons (Fsp3) is 0.222. The number of halogens is 1. The fourth-order valence-corrected chi connectivity index (χ4v) is 2.12. The fourth-order valence-electron chi connectivity index (χ4n) is 2.12. The van der Waals surface area contributed by atoms with Gasteiger partial charge in [-0.1, -0.05) is 6.07 Å². The maximum absolute atomic E-state index is 13.5. The number of nitro groups is 1. The second-order valence-corrected chi connectivity index (χ2v) is 5.54. The van der Waals surface area contributed by atoms with Gasteiger partial charge in [0.1, 0.15) is 12.4 Å². The molecular weight excluding hydrogens is 389 g/mol. The first-order valence-electron chi connectivity index (χ1n) is 8.28. The number of amides is 2. The summed E-state index contributed by atoms with van der Waals surface area (Å²) in [5, 5.41) is 15.6. The van der Waals surface area contributed by atoms with Gasteiger partial charge >= 0.3 is 11.8 Å². The van der Waals surface area contributed by atoms with Crippen molar-refractivity contribution in [1.29, 1.82) is 0 Å². The van der Waals surface area contributed by atoms with E-state index in [0.717, 1.165) is 12.1 Å². The van der Waals surface area contributed by atoms with Gasteiger partial charge in [0.05, 0.1) is 11.5 Å². The molecule has 0 saturated heterocycles. The summed E-state index contributed by atoms with van der Waals surface area (Å²) in [5.41, 5.74) is 0.0820. The number of carbonyl (C=O) groups excluding carboxylic acids is 2. The third-order valence-corrected chi connectivity index (χ3v) is 3.40. The number of ether oxygens (including phenoxy) is 3. The third kappa shape index (κ3) is 7.07. The van der Waals surface area contributed by atoms with E-state index >= 15 is 0 Å². The molecule has 0 aliphatic carbocycles. The molecule has 2 amide bonds. The van der Waals surface area contributed by atoms with Gasteiger partial charge in [0.2, 0.25) is 5.82 Å². The minimum atomic E-state index is -1.07. The number of benzene rings is 2. The van der Waals surface area contributed by atoms with E-state index in [2.05, 4.69) is 10.6 Å². The molecule has 0 aliphatic rings. The number of hydrogen-bond acceptors (Lipinski definition) is 7. The number of methoxy groups -OCH3 is 1.